The Morgan fingerprint density at radius 1 is 0.921 bits per heavy atom. The van der Waals surface area contributed by atoms with E-state index in [1.54, 1.807) is 18.9 Å². The molecule has 1 saturated heterocycles. The van der Waals surface area contributed by atoms with E-state index in [9.17, 15) is 4.79 Å². The second kappa shape index (κ2) is 13.7. The molecule has 0 amide bonds. The molecule has 0 saturated carbocycles. The maximum absolute atomic E-state index is 13.6. The van der Waals surface area contributed by atoms with Crippen LogP contribution in [0.4, 0.5) is 5.69 Å². The first kappa shape index (κ1) is 28.8. The molecule has 3 aromatic carbocycles. The van der Waals surface area contributed by atoms with Crippen LogP contribution >= 0.6 is 0 Å². The summed E-state index contributed by atoms with van der Waals surface area (Å²) in [6.45, 7) is 11.5. The quantitative estimate of drug-likeness (QED) is 0.362. The van der Waals surface area contributed by atoms with Gasteiger partial charge in [0, 0.05) is 43.9 Å². The van der Waals surface area contributed by atoms with Crippen molar-refractivity contribution in [3.8, 4) is 16.9 Å². The first-order valence-electron chi connectivity index (χ1n) is 12.7. The molecule has 1 aliphatic heterocycles. The maximum Gasteiger partial charge on any atom is 0.279 e. The summed E-state index contributed by atoms with van der Waals surface area (Å²) in [5.41, 5.74) is 5.91. The number of anilines is 1. The minimum Gasteiger partial charge on any atom is -0.388 e. The van der Waals surface area contributed by atoms with E-state index in [1.165, 1.54) is 5.56 Å². The van der Waals surface area contributed by atoms with Crippen molar-refractivity contribution in [3.05, 3.63) is 88.2 Å². The van der Waals surface area contributed by atoms with Gasteiger partial charge in [-0.1, -0.05) is 56.3 Å². The average molecular weight is 516 g/mol. The Morgan fingerprint density at radius 2 is 1.58 bits per heavy atom. The molecule has 7 heteroatoms. The molecule has 1 fully saturated rings. The van der Waals surface area contributed by atoms with Crippen LogP contribution in [0.5, 0.6) is 0 Å². The van der Waals surface area contributed by atoms with Gasteiger partial charge in [0.25, 0.3) is 5.56 Å². The van der Waals surface area contributed by atoms with Gasteiger partial charge in [0.15, 0.2) is 0 Å². The molecular weight excluding hydrogens is 478 g/mol. The van der Waals surface area contributed by atoms with E-state index in [0.29, 0.717) is 24.5 Å². The van der Waals surface area contributed by atoms with E-state index < -0.39 is 0 Å². The van der Waals surface area contributed by atoms with E-state index in [-0.39, 0.29) is 5.56 Å². The fourth-order valence-corrected chi connectivity index (χ4v) is 4.46. The van der Waals surface area contributed by atoms with Gasteiger partial charge in [-0.15, -0.1) is 0 Å². The molecule has 1 aliphatic rings. The Kier molecular flexibility index (Phi) is 10.3. The molecular formula is C31H37N3O4. The van der Waals surface area contributed by atoms with Crippen molar-refractivity contribution in [2.45, 2.75) is 26.7 Å². The van der Waals surface area contributed by atoms with Crippen molar-refractivity contribution in [1.29, 1.82) is 0 Å². The van der Waals surface area contributed by atoms with Gasteiger partial charge < -0.3 is 19.2 Å². The number of rotatable bonds is 4. The molecule has 200 valence electrons. The molecule has 4 aromatic rings. The van der Waals surface area contributed by atoms with Gasteiger partial charge in [0.05, 0.1) is 30.0 Å². The van der Waals surface area contributed by atoms with Crippen LogP contribution in [0.2, 0.25) is 0 Å². The number of benzene rings is 3. The summed E-state index contributed by atoms with van der Waals surface area (Å²) in [4.78, 5) is 23.9. The van der Waals surface area contributed by atoms with Crippen LogP contribution in [0.1, 0.15) is 30.9 Å². The van der Waals surface area contributed by atoms with Crippen LogP contribution in [0, 0.1) is 6.92 Å². The van der Waals surface area contributed by atoms with E-state index in [2.05, 4.69) is 65.9 Å². The van der Waals surface area contributed by atoms with Crippen LogP contribution < -0.4 is 10.5 Å². The lowest BCUT2D eigenvalue weighted by Crippen LogP contribution is -2.36. The number of aryl methyl sites for hydroxylation is 1. The summed E-state index contributed by atoms with van der Waals surface area (Å²) in [6.07, 6.45) is 0. The fraction of sp³-hybridized carbons (Fsp3) is 0.323. The first-order valence-corrected chi connectivity index (χ1v) is 12.7. The zero-order chi connectivity index (χ0) is 27.7. The van der Waals surface area contributed by atoms with Crippen LogP contribution in [0.3, 0.4) is 0 Å². The van der Waals surface area contributed by atoms with Crippen LogP contribution in [-0.4, -0.2) is 57.1 Å². The standard InChI is InChI=1S/C28H29N3O2.C2H6O.CH2O/c1-19(2)21-7-6-8-22(17-21)27-24-9-4-5-10-25(24)28(32)31(29-27)26-18-23(12-11-20(26)3)30-13-15-33-16-14-30;1-3-2;1-2/h4-12,17-19H,13-16H2,1-3H3;1-2H3;1H2. The zero-order valence-corrected chi connectivity index (χ0v) is 22.9. The zero-order valence-electron chi connectivity index (χ0n) is 22.9. The molecule has 38 heavy (non-hydrogen) atoms. The van der Waals surface area contributed by atoms with Gasteiger partial charge in [-0.25, -0.2) is 0 Å². The third-order valence-corrected chi connectivity index (χ3v) is 6.43. The van der Waals surface area contributed by atoms with E-state index >= 15 is 0 Å². The van der Waals surface area contributed by atoms with Crippen LogP contribution in [0.25, 0.3) is 27.7 Å². The van der Waals surface area contributed by atoms with Gasteiger partial charge in [-0.2, -0.15) is 9.78 Å². The second-order valence-electron chi connectivity index (χ2n) is 9.37. The molecule has 7 nitrogen and oxygen atoms in total. The molecule has 1 aromatic heterocycles. The topological polar surface area (TPSA) is 73.7 Å². The smallest absolute Gasteiger partial charge is 0.279 e. The number of hydrogen-bond acceptors (Lipinski definition) is 6. The van der Waals surface area contributed by atoms with Crippen molar-refractivity contribution < 1.29 is 14.3 Å². The molecule has 0 bridgehead atoms. The molecule has 0 atom stereocenters. The van der Waals surface area contributed by atoms with Crippen molar-refractivity contribution in [2.75, 3.05) is 45.4 Å². The Labute approximate surface area is 224 Å². The molecule has 5 rings (SSSR count). The average Bonchev–Trinajstić information content (AvgIpc) is 2.96. The van der Waals surface area contributed by atoms with Crippen molar-refractivity contribution in [2.24, 2.45) is 0 Å². The maximum atomic E-state index is 13.6. The van der Waals surface area contributed by atoms with Gasteiger partial charge in [-0.3, -0.25) is 4.79 Å². The molecule has 0 spiro atoms. The third kappa shape index (κ3) is 6.36. The highest BCUT2D eigenvalue weighted by atomic mass is 16.5. The van der Waals surface area contributed by atoms with Crippen LogP contribution in [-0.2, 0) is 14.3 Å². The lowest BCUT2D eigenvalue weighted by Gasteiger charge is -2.29. The number of methoxy groups -OCH3 is 1. The van der Waals surface area contributed by atoms with Crippen LogP contribution in [0.15, 0.2) is 71.5 Å². The summed E-state index contributed by atoms with van der Waals surface area (Å²) in [6, 6.07) is 22.5. The minimum absolute atomic E-state index is 0.100. The Morgan fingerprint density at radius 3 is 2.24 bits per heavy atom. The molecule has 2 heterocycles. The van der Waals surface area contributed by atoms with E-state index in [1.807, 2.05) is 38.0 Å². The number of ether oxygens (including phenoxy) is 2. The summed E-state index contributed by atoms with van der Waals surface area (Å²) in [5.74, 6) is 0.412. The molecule has 0 radical (unpaired) electrons. The molecule has 0 aliphatic carbocycles. The monoisotopic (exact) mass is 515 g/mol. The molecule has 0 N–H and O–H groups in total. The lowest BCUT2D eigenvalue weighted by atomic mass is 9.98. The van der Waals surface area contributed by atoms with Gasteiger partial charge in [0.1, 0.15) is 6.79 Å². The number of aromatic nitrogens is 2. The number of carbonyl (C=O) groups is 1. The number of nitrogens with zero attached hydrogens (tertiary/aromatic N) is 3. The predicted molar refractivity (Wildman–Crippen MR) is 155 cm³/mol. The number of morpholine rings is 1. The van der Waals surface area contributed by atoms with Gasteiger partial charge >= 0.3 is 0 Å². The Hall–Kier alpha value is -3.81. The lowest BCUT2D eigenvalue weighted by molar-refractivity contribution is -0.0980. The van der Waals surface area contributed by atoms with Crippen molar-refractivity contribution in [3.63, 3.8) is 0 Å². The highest BCUT2D eigenvalue weighted by molar-refractivity contribution is 5.94. The SMILES string of the molecule is C=O.COC.Cc1ccc(N2CCOCC2)cc1-n1nc(-c2cccc(C(C)C)c2)c2ccccc2c1=O. The summed E-state index contributed by atoms with van der Waals surface area (Å²) in [5, 5.41) is 6.50. The van der Waals surface area contributed by atoms with E-state index in [4.69, 9.17) is 14.6 Å². The highest BCUT2D eigenvalue weighted by Gasteiger charge is 2.17. The summed E-state index contributed by atoms with van der Waals surface area (Å²) in [7, 11) is 3.25. The highest BCUT2D eigenvalue weighted by Crippen LogP contribution is 2.29. The largest absolute Gasteiger partial charge is 0.388 e. The molecule has 0 unspecified atom stereocenters. The minimum atomic E-state index is -0.100. The number of carbonyl (C=O) groups excluding carboxylic acids is 1. The fourth-order valence-electron chi connectivity index (χ4n) is 4.46. The van der Waals surface area contributed by atoms with E-state index in [0.717, 1.165) is 46.7 Å². The van der Waals surface area contributed by atoms with Crippen molar-refractivity contribution >= 4 is 23.2 Å². The first-order chi connectivity index (χ1) is 18.4. The Bertz CT molecular complexity index is 1410. The normalized spacial score (nSPS) is 12.9. The second-order valence-corrected chi connectivity index (χ2v) is 9.37. The summed E-state index contributed by atoms with van der Waals surface area (Å²) >= 11 is 0. The Balaban J connectivity index is 0.000000748. The number of fused-ring (bicyclic) bond motifs is 1. The van der Waals surface area contributed by atoms with Gasteiger partial charge in [0.2, 0.25) is 0 Å². The predicted octanol–water partition coefficient (Wildman–Crippen LogP) is 5.40. The third-order valence-electron chi connectivity index (χ3n) is 6.43. The van der Waals surface area contributed by atoms with Gasteiger partial charge in [-0.05, 0) is 48.2 Å². The summed E-state index contributed by atoms with van der Waals surface area (Å²) < 4.78 is 11.3. The number of hydrogen-bond donors (Lipinski definition) is 0. The van der Waals surface area contributed by atoms with Crippen molar-refractivity contribution in [1.82, 2.24) is 9.78 Å².